The highest BCUT2D eigenvalue weighted by molar-refractivity contribution is 7.14. The summed E-state index contributed by atoms with van der Waals surface area (Å²) in [6.07, 6.45) is -0.510. The number of aromatic nitrogens is 1. The number of carbonyl (C=O) groups is 2. The van der Waals surface area contributed by atoms with Crippen LogP contribution in [-0.2, 0) is 9.59 Å². The standard InChI is InChI=1S/C21H18ClN3O4S/c1-12-20(27)25(2)17-9-13(3-8-18(17)29-12)16-11-30-21(23-16)24-19(26)10-28-15-6-4-14(22)5-7-15/h3-9,11-12H,10H2,1-2H3,(H,23,24,26). The Morgan fingerprint density at radius 2 is 2.07 bits per heavy atom. The predicted octanol–water partition coefficient (Wildman–Crippen LogP) is 4.22. The van der Waals surface area contributed by atoms with Crippen LogP contribution in [0, 0.1) is 0 Å². The van der Waals surface area contributed by atoms with Gasteiger partial charge in [-0.05, 0) is 49.4 Å². The summed E-state index contributed by atoms with van der Waals surface area (Å²) in [7, 11) is 1.72. The highest BCUT2D eigenvalue weighted by Crippen LogP contribution is 2.37. The molecule has 0 saturated heterocycles. The van der Waals surface area contributed by atoms with E-state index in [-0.39, 0.29) is 18.4 Å². The van der Waals surface area contributed by atoms with Crippen LogP contribution >= 0.6 is 22.9 Å². The average Bonchev–Trinajstić information content (AvgIpc) is 3.20. The van der Waals surface area contributed by atoms with Crippen LogP contribution in [0.5, 0.6) is 11.5 Å². The molecule has 1 N–H and O–H groups in total. The largest absolute Gasteiger partial charge is 0.484 e. The van der Waals surface area contributed by atoms with Gasteiger partial charge in [0.15, 0.2) is 17.8 Å². The number of ether oxygens (including phenoxy) is 2. The molecule has 1 aromatic heterocycles. The molecule has 4 rings (SSSR count). The van der Waals surface area contributed by atoms with Gasteiger partial charge in [-0.15, -0.1) is 11.3 Å². The lowest BCUT2D eigenvalue weighted by Crippen LogP contribution is -2.41. The van der Waals surface area contributed by atoms with Crippen molar-refractivity contribution in [3.63, 3.8) is 0 Å². The summed E-state index contributed by atoms with van der Waals surface area (Å²) in [4.78, 5) is 30.4. The first kappa shape index (κ1) is 20.2. The summed E-state index contributed by atoms with van der Waals surface area (Å²) in [5.74, 6) is 0.783. The van der Waals surface area contributed by atoms with Gasteiger partial charge in [0.1, 0.15) is 11.5 Å². The van der Waals surface area contributed by atoms with Gasteiger partial charge in [0.05, 0.1) is 11.4 Å². The first-order valence-electron chi connectivity index (χ1n) is 9.13. The van der Waals surface area contributed by atoms with E-state index in [1.54, 1.807) is 43.1 Å². The molecule has 154 valence electrons. The maximum Gasteiger partial charge on any atom is 0.267 e. The molecule has 1 atom stereocenters. The first-order chi connectivity index (χ1) is 14.4. The van der Waals surface area contributed by atoms with E-state index in [1.165, 1.54) is 11.3 Å². The Bertz CT molecular complexity index is 1100. The summed E-state index contributed by atoms with van der Waals surface area (Å²) in [5, 5.41) is 5.62. The van der Waals surface area contributed by atoms with Crippen molar-refractivity contribution >= 4 is 45.6 Å². The van der Waals surface area contributed by atoms with Gasteiger partial charge in [-0.1, -0.05) is 11.6 Å². The Morgan fingerprint density at radius 3 is 2.83 bits per heavy atom. The molecule has 0 fully saturated rings. The fourth-order valence-electron chi connectivity index (χ4n) is 2.97. The molecular formula is C21H18ClN3O4S. The summed E-state index contributed by atoms with van der Waals surface area (Å²) < 4.78 is 11.1. The van der Waals surface area contributed by atoms with E-state index in [2.05, 4.69) is 10.3 Å². The SMILES string of the molecule is CC1Oc2ccc(-c3csc(NC(=O)COc4ccc(Cl)cc4)n3)cc2N(C)C1=O. The van der Waals surface area contributed by atoms with Gasteiger partial charge in [0.25, 0.3) is 11.8 Å². The third kappa shape index (κ3) is 4.24. The number of likely N-dealkylation sites (N-methyl/N-ethyl adjacent to an activating group) is 1. The van der Waals surface area contributed by atoms with E-state index in [0.29, 0.717) is 33.0 Å². The number of benzene rings is 2. The zero-order valence-corrected chi connectivity index (χ0v) is 17.8. The minimum Gasteiger partial charge on any atom is -0.484 e. The molecule has 1 unspecified atom stereocenters. The maximum atomic E-state index is 12.2. The Kier molecular flexibility index (Phi) is 5.61. The van der Waals surface area contributed by atoms with E-state index in [1.807, 2.05) is 23.6 Å². The van der Waals surface area contributed by atoms with Crippen LogP contribution in [0.2, 0.25) is 5.02 Å². The summed E-state index contributed by atoms with van der Waals surface area (Å²) in [6.45, 7) is 1.58. The smallest absolute Gasteiger partial charge is 0.267 e. The lowest BCUT2D eigenvalue weighted by atomic mass is 10.1. The van der Waals surface area contributed by atoms with Crippen molar-refractivity contribution in [2.24, 2.45) is 0 Å². The van der Waals surface area contributed by atoms with Crippen LogP contribution < -0.4 is 19.7 Å². The third-order valence-electron chi connectivity index (χ3n) is 4.53. The molecule has 0 aliphatic carbocycles. The van der Waals surface area contributed by atoms with Crippen LogP contribution in [0.3, 0.4) is 0 Å². The quantitative estimate of drug-likeness (QED) is 0.638. The monoisotopic (exact) mass is 443 g/mol. The molecule has 2 heterocycles. The van der Waals surface area contributed by atoms with Crippen molar-refractivity contribution in [2.75, 3.05) is 23.9 Å². The fourth-order valence-corrected chi connectivity index (χ4v) is 3.83. The lowest BCUT2D eigenvalue weighted by molar-refractivity contribution is -0.125. The Balaban J connectivity index is 1.42. The molecule has 0 saturated carbocycles. The van der Waals surface area contributed by atoms with Crippen molar-refractivity contribution in [3.8, 4) is 22.8 Å². The van der Waals surface area contributed by atoms with Gasteiger partial charge < -0.3 is 14.4 Å². The molecule has 2 amide bonds. The Morgan fingerprint density at radius 1 is 1.30 bits per heavy atom. The predicted molar refractivity (Wildman–Crippen MR) is 117 cm³/mol. The topological polar surface area (TPSA) is 80.8 Å². The van der Waals surface area contributed by atoms with Gasteiger partial charge >= 0.3 is 0 Å². The van der Waals surface area contributed by atoms with Gasteiger partial charge in [-0.25, -0.2) is 4.98 Å². The third-order valence-corrected chi connectivity index (χ3v) is 5.54. The van der Waals surface area contributed by atoms with Crippen LogP contribution in [0.25, 0.3) is 11.3 Å². The van der Waals surface area contributed by atoms with Crippen molar-refractivity contribution in [1.82, 2.24) is 4.98 Å². The molecule has 1 aliphatic rings. The summed E-state index contributed by atoms with van der Waals surface area (Å²) in [5.41, 5.74) is 2.20. The molecule has 7 nitrogen and oxygen atoms in total. The van der Waals surface area contributed by atoms with Crippen molar-refractivity contribution < 1.29 is 19.1 Å². The van der Waals surface area contributed by atoms with E-state index in [9.17, 15) is 9.59 Å². The second kappa shape index (κ2) is 8.33. The van der Waals surface area contributed by atoms with E-state index in [4.69, 9.17) is 21.1 Å². The van der Waals surface area contributed by atoms with Crippen LogP contribution in [0.15, 0.2) is 47.8 Å². The number of hydrogen-bond donors (Lipinski definition) is 1. The number of nitrogens with zero attached hydrogens (tertiary/aromatic N) is 2. The normalized spacial score (nSPS) is 15.4. The highest BCUT2D eigenvalue weighted by atomic mass is 35.5. The van der Waals surface area contributed by atoms with Crippen molar-refractivity contribution in [2.45, 2.75) is 13.0 Å². The van der Waals surface area contributed by atoms with Crippen LogP contribution in [0.1, 0.15) is 6.92 Å². The molecule has 0 bridgehead atoms. The van der Waals surface area contributed by atoms with Crippen LogP contribution in [0.4, 0.5) is 10.8 Å². The van der Waals surface area contributed by atoms with Gasteiger partial charge in [-0.3, -0.25) is 14.9 Å². The van der Waals surface area contributed by atoms with Crippen LogP contribution in [-0.4, -0.2) is 36.6 Å². The summed E-state index contributed by atoms with van der Waals surface area (Å²) >= 11 is 7.13. The molecular weight excluding hydrogens is 426 g/mol. The van der Waals surface area contributed by atoms with Gasteiger partial charge in [-0.2, -0.15) is 0 Å². The minimum absolute atomic E-state index is 0.105. The number of hydrogen-bond acceptors (Lipinski definition) is 6. The van der Waals surface area contributed by atoms with E-state index >= 15 is 0 Å². The molecule has 2 aromatic carbocycles. The minimum atomic E-state index is -0.510. The molecule has 3 aromatic rings. The average molecular weight is 444 g/mol. The van der Waals surface area contributed by atoms with Gasteiger partial charge in [0, 0.05) is 23.0 Å². The van der Waals surface area contributed by atoms with Crippen molar-refractivity contribution in [3.05, 3.63) is 52.9 Å². The lowest BCUT2D eigenvalue weighted by Gasteiger charge is -2.30. The summed E-state index contributed by atoms with van der Waals surface area (Å²) in [6, 6.07) is 12.3. The molecule has 1 aliphatic heterocycles. The number of nitrogens with one attached hydrogen (secondary N) is 1. The second-order valence-corrected chi connectivity index (χ2v) is 7.96. The second-order valence-electron chi connectivity index (χ2n) is 6.67. The number of anilines is 2. The Hall–Kier alpha value is -3.10. The zero-order chi connectivity index (χ0) is 21.3. The highest BCUT2D eigenvalue weighted by Gasteiger charge is 2.29. The van der Waals surface area contributed by atoms with Crippen molar-refractivity contribution in [1.29, 1.82) is 0 Å². The van der Waals surface area contributed by atoms with Gasteiger partial charge in [0.2, 0.25) is 0 Å². The first-order valence-corrected chi connectivity index (χ1v) is 10.4. The maximum absolute atomic E-state index is 12.2. The number of halogens is 1. The molecule has 0 spiro atoms. The zero-order valence-electron chi connectivity index (χ0n) is 16.2. The molecule has 30 heavy (non-hydrogen) atoms. The number of fused-ring (bicyclic) bond motifs is 1. The Labute approximate surface area is 182 Å². The molecule has 9 heteroatoms. The number of rotatable bonds is 5. The van der Waals surface area contributed by atoms with E-state index < -0.39 is 6.10 Å². The van der Waals surface area contributed by atoms with E-state index in [0.717, 1.165) is 5.56 Å². The number of amides is 2. The fraction of sp³-hybridized carbons (Fsp3) is 0.190. The molecule has 0 radical (unpaired) electrons. The number of carbonyl (C=O) groups excluding carboxylic acids is 2. The number of thiazole rings is 1.